The molecule has 5 heteroatoms. The third-order valence-corrected chi connectivity index (χ3v) is 12.9. The van der Waals surface area contributed by atoms with Gasteiger partial charge >= 0.3 is 17.9 Å². The Kier molecular flexibility index (Phi) is 6.00. The summed E-state index contributed by atoms with van der Waals surface area (Å²) in [5, 5.41) is 0. The van der Waals surface area contributed by atoms with E-state index in [2.05, 4.69) is 71.9 Å². The lowest BCUT2D eigenvalue weighted by molar-refractivity contribution is -0.174. The second kappa shape index (κ2) is 8.66. The minimum Gasteiger partial charge on any atom is -0.463 e. The third kappa shape index (κ3) is 3.34. The van der Waals surface area contributed by atoms with Crippen LogP contribution in [-0.2, 0) is 23.9 Å². The zero-order valence-corrected chi connectivity index (χ0v) is 24.8. The van der Waals surface area contributed by atoms with Gasteiger partial charge < -0.3 is 9.47 Å². The quantitative estimate of drug-likeness (QED) is 0.220. The Labute approximate surface area is 233 Å². The van der Waals surface area contributed by atoms with E-state index in [-0.39, 0.29) is 40.8 Å². The highest BCUT2D eigenvalue weighted by Crippen LogP contribution is 2.81. The van der Waals surface area contributed by atoms with Crippen LogP contribution < -0.4 is 0 Å². The number of ether oxygens (including phenoxy) is 2. The molecule has 1 saturated heterocycles. The van der Waals surface area contributed by atoms with E-state index in [0.29, 0.717) is 30.1 Å². The van der Waals surface area contributed by atoms with Crippen LogP contribution in [0, 0.1) is 63.1 Å². The third-order valence-electron chi connectivity index (χ3n) is 12.9. The van der Waals surface area contributed by atoms with Crippen LogP contribution in [0.2, 0.25) is 0 Å². The topological polar surface area (TPSA) is 69.7 Å². The second-order valence-electron chi connectivity index (χ2n) is 14.7. The van der Waals surface area contributed by atoms with E-state index in [9.17, 15) is 14.4 Å². The number of cyclic esters (lactones) is 2. The molecule has 212 valence electrons. The summed E-state index contributed by atoms with van der Waals surface area (Å²) in [6, 6.07) is 0. The van der Waals surface area contributed by atoms with Gasteiger partial charge in [0, 0.05) is 17.8 Å². The lowest BCUT2D eigenvalue weighted by Crippen LogP contribution is -2.68. The molecule has 7 rings (SSSR count). The van der Waals surface area contributed by atoms with Crippen molar-refractivity contribution in [2.75, 3.05) is 0 Å². The van der Waals surface area contributed by atoms with E-state index in [1.807, 2.05) is 0 Å². The zero-order valence-electron chi connectivity index (χ0n) is 24.8. The van der Waals surface area contributed by atoms with Crippen molar-refractivity contribution < 1.29 is 23.9 Å². The zero-order chi connectivity index (χ0) is 28.1. The lowest BCUT2D eigenvalue weighted by Gasteiger charge is -2.71. The Hall–Kier alpha value is -2.17. The molecule has 3 saturated carbocycles. The molecule has 7 aliphatic rings. The Balaban J connectivity index is 1.45. The molecule has 0 N–H and O–H groups in total. The number of esters is 3. The summed E-state index contributed by atoms with van der Waals surface area (Å²) < 4.78 is 11.2. The second-order valence-corrected chi connectivity index (χ2v) is 14.7. The Morgan fingerprint density at radius 2 is 1.74 bits per heavy atom. The van der Waals surface area contributed by atoms with Crippen LogP contribution in [0.3, 0.4) is 0 Å². The van der Waals surface area contributed by atoms with Crippen LogP contribution in [0.1, 0.15) is 87.0 Å². The van der Waals surface area contributed by atoms with E-state index in [1.165, 1.54) is 12.5 Å². The molecule has 5 nitrogen and oxygen atoms in total. The average molecular weight is 535 g/mol. The molecular formula is C34H46O5. The Morgan fingerprint density at radius 3 is 2.44 bits per heavy atom. The molecule has 0 aromatic heterocycles. The highest BCUT2D eigenvalue weighted by atomic mass is 16.6. The summed E-state index contributed by atoms with van der Waals surface area (Å²) in [6.45, 7) is 15.4. The van der Waals surface area contributed by atoms with E-state index in [4.69, 9.17) is 9.47 Å². The molecule has 2 bridgehead atoms. The minimum absolute atomic E-state index is 0.0395. The molecule has 6 aliphatic carbocycles. The van der Waals surface area contributed by atoms with E-state index >= 15 is 0 Å². The summed E-state index contributed by atoms with van der Waals surface area (Å²) >= 11 is 0. The van der Waals surface area contributed by atoms with E-state index in [0.717, 1.165) is 32.1 Å². The van der Waals surface area contributed by atoms with Crippen LogP contribution in [0.25, 0.3) is 0 Å². The van der Waals surface area contributed by atoms with Crippen molar-refractivity contribution in [3.63, 3.8) is 0 Å². The fourth-order valence-electron chi connectivity index (χ4n) is 10.7. The van der Waals surface area contributed by atoms with Crippen molar-refractivity contribution in [3.8, 4) is 0 Å². The molecule has 0 amide bonds. The molecule has 2 spiro atoms. The van der Waals surface area contributed by atoms with Crippen molar-refractivity contribution in [3.05, 3.63) is 36.0 Å². The van der Waals surface area contributed by atoms with Gasteiger partial charge in [0.15, 0.2) is 0 Å². The largest absolute Gasteiger partial charge is 0.463 e. The number of allylic oxidation sites excluding steroid dienone is 6. The summed E-state index contributed by atoms with van der Waals surface area (Å²) in [5.41, 5.74) is 0.0985. The Bertz CT molecular complexity index is 1190. The van der Waals surface area contributed by atoms with Gasteiger partial charge in [-0.1, -0.05) is 77.5 Å². The number of rotatable bonds is 5. The van der Waals surface area contributed by atoms with Crippen LogP contribution in [0.15, 0.2) is 36.0 Å². The molecule has 0 aromatic carbocycles. The SMILES string of the molecule is CC(=O)OC1CCC2(C)C3=CCC4(C)C(C(C)C=CC(C)C(C)C)CCC4C34C=CC2(C1)C1C(=O)OC(=O)C14. The van der Waals surface area contributed by atoms with Crippen LogP contribution in [0.5, 0.6) is 0 Å². The summed E-state index contributed by atoms with van der Waals surface area (Å²) in [7, 11) is 0. The van der Waals surface area contributed by atoms with Gasteiger partial charge in [-0.25, -0.2) is 0 Å². The van der Waals surface area contributed by atoms with Crippen LogP contribution in [-0.4, -0.2) is 24.0 Å². The number of hydrogen-bond acceptors (Lipinski definition) is 5. The van der Waals surface area contributed by atoms with Crippen LogP contribution >= 0.6 is 0 Å². The summed E-state index contributed by atoms with van der Waals surface area (Å²) in [6.07, 6.45) is 17.1. The average Bonchev–Trinajstić information content (AvgIpc) is 3.39. The van der Waals surface area contributed by atoms with Gasteiger partial charge in [0.25, 0.3) is 0 Å². The first-order valence-corrected chi connectivity index (χ1v) is 15.3. The molecule has 1 heterocycles. The molecule has 0 radical (unpaired) electrons. The van der Waals surface area contributed by atoms with Crippen molar-refractivity contribution in [2.45, 2.75) is 93.1 Å². The van der Waals surface area contributed by atoms with E-state index in [1.54, 1.807) is 0 Å². The molecule has 11 unspecified atom stereocenters. The summed E-state index contributed by atoms with van der Waals surface area (Å²) in [5.74, 6) is 0.418. The molecule has 39 heavy (non-hydrogen) atoms. The standard InChI is InChI=1S/C34H46O5/c1-19(2)20(3)8-9-21(4)24-10-11-25-31(24,6)14-13-26-32(7)15-12-23(38-22(5)35)18-33(32)16-17-34(25,26)28-27(33)29(36)39-30(28)37/h8-9,13,16-17,19-21,23-25,27-28H,10-12,14-15,18H2,1-7H3. The predicted octanol–water partition coefficient (Wildman–Crippen LogP) is 6.83. The van der Waals surface area contributed by atoms with Gasteiger partial charge in [-0.3, -0.25) is 14.4 Å². The van der Waals surface area contributed by atoms with Gasteiger partial charge in [-0.15, -0.1) is 0 Å². The Morgan fingerprint density at radius 1 is 1.03 bits per heavy atom. The maximum Gasteiger partial charge on any atom is 0.318 e. The number of fused-ring (bicyclic) bond motifs is 1. The number of hydrogen-bond donors (Lipinski definition) is 0. The first-order valence-electron chi connectivity index (χ1n) is 15.3. The van der Waals surface area contributed by atoms with Crippen LogP contribution in [0.4, 0.5) is 0 Å². The maximum atomic E-state index is 13.6. The van der Waals surface area contributed by atoms with Gasteiger partial charge in [0.1, 0.15) is 6.10 Å². The first-order chi connectivity index (χ1) is 18.3. The smallest absolute Gasteiger partial charge is 0.318 e. The minimum atomic E-state index is -0.568. The molecule has 4 fully saturated rings. The van der Waals surface area contributed by atoms with Crippen molar-refractivity contribution in [1.82, 2.24) is 0 Å². The van der Waals surface area contributed by atoms with Gasteiger partial charge in [0.2, 0.25) is 0 Å². The van der Waals surface area contributed by atoms with E-state index < -0.39 is 22.7 Å². The fourth-order valence-corrected chi connectivity index (χ4v) is 10.7. The molecular weight excluding hydrogens is 488 g/mol. The highest BCUT2D eigenvalue weighted by Gasteiger charge is 2.79. The van der Waals surface area contributed by atoms with Gasteiger partial charge in [-0.2, -0.15) is 0 Å². The predicted molar refractivity (Wildman–Crippen MR) is 149 cm³/mol. The summed E-state index contributed by atoms with van der Waals surface area (Å²) in [4.78, 5) is 39.1. The normalized spacial score (nSPS) is 47.3. The van der Waals surface area contributed by atoms with Crippen molar-refractivity contribution >= 4 is 17.9 Å². The van der Waals surface area contributed by atoms with Crippen molar-refractivity contribution in [1.29, 1.82) is 0 Å². The van der Waals surface area contributed by atoms with Crippen molar-refractivity contribution in [2.24, 2.45) is 63.1 Å². The van der Waals surface area contributed by atoms with Gasteiger partial charge in [-0.05, 0) is 78.9 Å². The lowest BCUT2D eigenvalue weighted by atomic mass is 9.30. The highest BCUT2D eigenvalue weighted by molar-refractivity contribution is 5.99. The molecule has 1 aliphatic heterocycles. The maximum absolute atomic E-state index is 13.6. The monoisotopic (exact) mass is 534 g/mol. The first kappa shape index (κ1) is 27.0. The number of carbonyl (C=O) groups excluding carboxylic acids is 3. The molecule has 11 atom stereocenters. The van der Waals surface area contributed by atoms with Gasteiger partial charge in [0.05, 0.1) is 11.8 Å². The molecule has 0 aromatic rings. The number of carbonyl (C=O) groups is 3. The fraction of sp³-hybridized carbons (Fsp3) is 0.735.